The highest BCUT2D eigenvalue weighted by atomic mass is 32.2. The van der Waals surface area contributed by atoms with Crippen molar-refractivity contribution >= 4 is 94.0 Å². The molecular weight excluding hydrogens is 1530 g/mol. The summed E-state index contributed by atoms with van der Waals surface area (Å²) in [6.45, 7) is 3.93. The van der Waals surface area contributed by atoms with E-state index in [4.69, 9.17) is 24.7 Å². The van der Waals surface area contributed by atoms with Gasteiger partial charge in [-0.25, -0.2) is 24.4 Å². The Bertz CT molecular complexity index is 4500. The van der Waals surface area contributed by atoms with Crippen LogP contribution in [0.25, 0.3) is 0 Å². The molecule has 31 heteroatoms. The van der Waals surface area contributed by atoms with Crippen molar-refractivity contribution in [2.24, 2.45) is 5.73 Å². The van der Waals surface area contributed by atoms with Crippen LogP contribution in [0.1, 0.15) is 136 Å². The molecule has 0 bridgehead atoms. The quantitative estimate of drug-likeness (QED) is 0.0104. The highest BCUT2D eigenvalue weighted by Crippen LogP contribution is 2.26. The second-order valence-electron chi connectivity index (χ2n) is 27.4. The lowest BCUT2D eigenvalue weighted by Crippen LogP contribution is -2.60. The molecule has 4 aliphatic heterocycles. The number of fused-ring (bicyclic) bond motifs is 2. The van der Waals surface area contributed by atoms with Crippen molar-refractivity contribution in [1.82, 2.24) is 56.4 Å². The highest BCUT2D eigenvalue weighted by Gasteiger charge is 2.43. The summed E-state index contributed by atoms with van der Waals surface area (Å²) in [5.41, 5.74) is 15.9. The number of unbranched alkanes of at least 4 members (excludes halogenated alkanes) is 1. The molecular formula is C87H104N12O18S. The number of ether oxygens (including phenoxy) is 4. The third kappa shape index (κ3) is 26.0. The number of imide groups is 2. The number of carbonyl (C=O) groups excluding carboxylic acids is 14. The zero-order valence-corrected chi connectivity index (χ0v) is 65.8. The molecule has 0 spiro atoms. The SMILES string of the molecule is C.C.CCCCOC[C@H](N)C(=O)N1CCC[C@@H]1C(=O)N[C@@H](Cc1ccccc1)C(=O)OC.CCSC(=O)N(Cc1ccccc1)NC(=O)CN1C(=O)c2ccccc2C1=O.COC(=O)[C@H](Cc1ccccc1)NC(=O)[C@H]1CCCN1C(=O)[C@H](COCc1ccccc1)NC(=O)N(Cc1ccccc1)NC(=O)CN1C(=O)c2ccccc2C1=O. The molecule has 0 unspecified atom stereocenters. The summed E-state index contributed by atoms with van der Waals surface area (Å²) in [4.78, 5) is 187. The van der Waals surface area contributed by atoms with E-state index < -0.39 is 115 Å². The maximum Gasteiger partial charge on any atom is 0.337 e. The van der Waals surface area contributed by atoms with Gasteiger partial charge in [0.15, 0.2) is 0 Å². The summed E-state index contributed by atoms with van der Waals surface area (Å²) < 4.78 is 21.2. The van der Waals surface area contributed by atoms with Gasteiger partial charge < -0.3 is 50.4 Å². The molecule has 2 saturated heterocycles. The summed E-state index contributed by atoms with van der Waals surface area (Å²) in [7, 11) is 2.52. The lowest BCUT2D eigenvalue weighted by Gasteiger charge is -2.31. The molecule has 0 radical (unpaired) electrons. The van der Waals surface area contributed by atoms with E-state index in [0.29, 0.717) is 56.6 Å². The lowest BCUT2D eigenvalue weighted by molar-refractivity contribution is -0.147. The van der Waals surface area contributed by atoms with Crippen molar-refractivity contribution in [2.75, 3.05) is 66.0 Å². The van der Waals surface area contributed by atoms with Crippen molar-refractivity contribution in [3.8, 4) is 0 Å². The van der Waals surface area contributed by atoms with Gasteiger partial charge in [-0.1, -0.05) is 223 Å². The minimum absolute atomic E-state index is 0. The maximum absolute atomic E-state index is 14.4. The monoisotopic (exact) mass is 1640 g/mol. The van der Waals surface area contributed by atoms with Gasteiger partial charge in [-0.2, -0.15) is 0 Å². The Morgan fingerprint density at radius 2 is 0.839 bits per heavy atom. The number of nitrogens with one attached hydrogen (secondary N) is 5. The number of likely N-dealkylation sites (tertiary alicyclic amines) is 2. The fourth-order valence-electron chi connectivity index (χ4n) is 13.2. The van der Waals surface area contributed by atoms with Gasteiger partial charge in [0, 0.05) is 32.5 Å². The molecule has 0 aliphatic carbocycles. The van der Waals surface area contributed by atoms with Gasteiger partial charge in [0.1, 0.15) is 49.3 Å². The van der Waals surface area contributed by atoms with E-state index in [-0.39, 0.29) is 100 Å². The third-order valence-electron chi connectivity index (χ3n) is 19.1. The molecule has 11 rings (SSSR count). The first-order valence-corrected chi connectivity index (χ1v) is 39.1. The molecule has 118 heavy (non-hydrogen) atoms. The van der Waals surface area contributed by atoms with E-state index >= 15 is 0 Å². The topological polar surface area (TPSA) is 382 Å². The smallest absolute Gasteiger partial charge is 0.337 e. The van der Waals surface area contributed by atoms with E-state index in [1.165, 1.54) is 41.2 Å². The normalized spacial score (nSPS) is 15.2. The standard InChI is InChI=1S/C43H44N6O9.C22H33N3O5.C20H19N3O4S.2CH4/c1-57-42(55)34(24-29-14-5-2-6-15-29)44-38(51)36-22-13-23-47(36)41(54)35(28-58-27-31-18-9-4-10-19-31)45-43(56)49(25-30-16-7-3-8-17-30)46-37(50)26-48-39(52)32-20-11-12-21-33(32)40(48)53;1-3-4-13-30-15-17(23)21(27)25-12-8-11-19(25)20(26)24-18(22(28)29-2)14-16-9-6-5-7-10-16;1-2-28-20(27)23(12-14-8-4-3-5-9-14)21-17(24)13-22-18(25)15-10-6-7-11-16(15)19(22)26;;/h2-12,14-21,34-36H,13,22-28H2,1H3,(H,44,51)(H,45,56)(H,46,50);5-7,9-10,17-19H,3-4,8,11-15,23H2,1-2H3,(H,24,26);3-11H,2,12-13H2,1H3,(H,21,24);2*1H4/t34-,35-,36+;17-,18-,19+;;;/m00.../s1. The van der Waals surface area contributed by atoms with Crippen LogP contribution in [0.3, 0.4) is 0 Å². The average molecular weight is 1640 g/mol. The summed E-state index contributed by atoms with van der Waals surface area (Å²) in [6.07, 6.45) is 4.40. The largest absolute Gasteiger partial charge is 0.467 e. The van der Waals surface area contributed by atoms with Gasteiger partial charge in [0.05, 0.1) is 69.4 Å². The number of hydrogen-bond acceptors (Lipinski definition) is 20. The van der Waals surface area contributed by atoms with Gasteiger partial charge >= 0.3 is 18.0 Å². The lowest BCUT2D eigenvalue weighted by atomic mass is 10.1. The number of hydrazine groups is 2. The molecule has 0 aromatic heterocycles. The van der Waals surface area contributed by atoms with Crippen molar-refractivity contribution < 1.29 is 86.1 Å². The van der Waals surface area contributed by atoms with Crippen molar-refractivity contribution in [2.45, 2.75) is 136 Å². The summed E-state index contributed by atoms with van der Waals surface area (Å²) in [5.74, 6) is -6.22. The van der Waals surface area contributed by atoms with Crippen molar-refractivity contribution in [1.29, 1.82) is 0 Å². The molecule has 7 N–H and O–H groups in total. The van der Waals surface area contributed by atoms with Crippen LogP contribution >= 0.6 is 11.8 Å². The minimum Gasteiger partial charge on any atom is -0.467 e. The molecule has 2 fully saturated rings. The third-order valence-corrected chi connectivity index (χ3v) is 19.8. The first kappa shape index (κ1) is 92.7. The molecule has 7 aromatic rings. The molecule has 626 valence electrons. The van der Waals surface area contributed by atoms with Gasteiger partial charge in [-0.3, -0.25) is 73.4 Å². The van der Waals surface area contributed by atoms with Crippen LogP contribution in [0.5, 0.6) is 0 Å². The van der Waals surface area contributed by atoms with E-state index in [1.54, 1.807) is 66.7 Å². The molecule has 4 heterocycles. The number of nitrogens with zero attached hydrogens (tertiary/aromatic N) is 6. The van der Waals surface area contributed by atoms with Crippen LogP contribution in [-0.2, 0) is 89.8 Å². The Kier molecular flexibility index (Phi) is 36.9. The van der Waals surface area contributed by atoms with Crippen molar-refractivity contribution in [3.63, 3.8) is 0 Å². The number of carbonyl (C=O) groups is 14. The van der Waals surface area contributed by atoms with Gasteiger partial charge in [-0.05, 0) is 89.9 Å². The summed E-state index contributed by atoms with van der Waals surface area (Å²) in [6, 6.07) is 51.8. The molecule has 13 amide bonds. The zero-order valence-electron chi connectivity index (χ0n) is 65.0. The average Bonchev–Trinajstić information content (AvgIpc) is 1.64. The van der Waals surface area contributed by atoms with Crippen LogP contribution < -0.4 is 32.5 Å². The molecule has 0 saturated carbocycles. The number of urea groups is 1. The maximum atomic E-state index is 14.4. The van der Waals surface area contributed by atoms with Crippen LogP contribution in [0.4, 0.5) is 9.59 Å². The first-order valence-electron chi connectivity index (χ1n) is 38.1. The van der Waals surface area contributed by atoms with Gasteiger partial charge in [0.25, 0.3) is 40.7 Å². The first-order chi connectivity index (χ1) is 56.1. The van der Waals surface area contributed by atoms with E-state index in [9.17, 15) is 67.1 Å². The number of methoxy groups -OCH3 is 2. The number of amides is 13. The van der Waals surface area contributed by atoms with Gasteiger partial charge in [0.2, 0.25) is 23.6 Å². The fourth-order valence-corrected chi connectivity index (χ4v) is 13.7. The molecule has 7 aromatic carbocycles. The summed E-state index contributed by atoms with van der Waals surface area (Å²) in [5, 5.41) is 10.1. The van der Waals surface area contributed by atoms with E-state index in [1.807, 2.05) is 128 Å². The van der Waals surface area contributed by atoms with Gasteiger partial charge in [-0.15, -0.1) is 0 Å². The highest BCUT2D eigenvalue weighted by molar-refractivity contribution is 8.13. The van der Waals surface area contributed by atoms with Crippen molar-refractivity contribution in [3.05, 3.63) is 250 Å². The fraction of sp³-hybridized carbons (Fsp3) is 0.356. The number of rotatable bonds is 31. The molecule has 6 atom stereocenters. The number of benzene rings is 7. The second kappa shape index (κ2) is 46.9. The zero-order chi connectivity index (χ0) is 83.0. The van der Waals surface area contributed by atoms with Crippen LogP contribution in [0.2, 0.25) is 0 Å². The second-order valence-corrected chi connectivity index (χ2v) is 28.6. The van der Waals surface area contributed by atoms with E-state index in [0.717, 1.165) is 61.7 Å². The Balaban J connectivity index is 0.000000269. The number of hydrogen-bond donors (Lipinski definition) is 6. The van der Waals surface area contributed by atoms with Crippen LogP contribution in [0, 0.1) is 0 Å². The van der Waals surface area contributed by atoms with Crippen LogP contribution in [0.15, 0.2) is 200 Å². The predicted octanol–water partition coefficient (Wildman–Crippen LogP) is 7.99. The number of esters is 2. The Hall–Kier alpha value is -12.5. The molecule has 30 nitrogen and oxygen atoms in total. The van der Waals surface area contributed by atoms with E-state index in [2.05, 4.69) is 33.7 Å². The predicted molar refractivity (Wildman–Crippen MR) is 441 cm³/mol. The molecule has 4 aliphatic rings. The Morgan fingerprint density at radius 1 is 0.466 bits per heavy atom. The number of thioether (sulfide) groups is 1. The number of nitrogens with two attached hydrogens (primary N) is 1. The van der Waals surface area contributed by atoms with Crippen LogP contribution in [-0.4, -0.2) is 214 Å². The summed E-state index contributed by atoms with van der Waals surface area (Å²) >= 11 is 1.06. The Morgan fingerprint density at radius 3 is 1.24 bits per heavy atom. The minimum atomic E-state index is -1.34. The Labute approximate surface area is 691 Å².